The van der Waals surface area contributed by atoms with Crippen molar-refractivity contribution in [2.24, 2.45) is 0 Å². The molecule has 0 aliphatic carbocycles. The van der Waals surface area contributed by atoms with Gasteiger partial charge in [-0.2, -0.15) is 4.31 Å². The first-order valence-electron chi connectivity index (χ1n) is 5.80. The Labute approximate surface area is 121 Å². The summed E-state index contributed by atoms with van der Waals surface area (Å²) >= 11 is 3.10. The average molecular weight is 354 g/mol. The third-order valence-corrected chi connectivity index (χ3v) is 5.31. The largest absolute Gasteiger partial charge is 0.383 e. The molecule has 0 saturated carbocycles. The van der Waals surface area contributed by atoms with Gasteiger partial charge in [0.05, 0.1) is 6.61 Å². The predicted octanol–water partition coefficient (Wildman–Crippen LogP) is 2.63. The molecule has 0 heterocycles. The van der Waals surface area contributed by atoms with Gasteiger partial charge in [-0.05, 0) is 25.1 Å². The highest BCUT2D eigenvalue weighted by atomic mass is 79.9. The molecule has 7 heteroatoms. The van der Waals surface area contributed by atoms with E-state index in [1.807, 2.05) is 0 Å². The zero-order valence-corrected chi connectivity index (χ0v) is 13.5. The summed E-state index contributed by atoms with van der Waals surface area (Å²) in [7, 11) is -2.37. The number of benzene rings is 1. The Bertz CT molecular complexity index is 536. The number of rotatable bonds is 6. The van der Waals surface area contributed by atoms with Crippen molar-refractivity contribution in [1.82, 2.24) is 4.31 Å². The fourth-order valence-electron chi connectivity index (χ4n) is 1.85. The summed E-state index contributed by atoms with van der Waals surface area (Å²) in [5.74, 6) is -0.766. The normalized spacial score (nSPS) is 13.8. The number of nitrogens with zero attached hydrogens (tertiary/aromatic N) is 1. The van der Waals surface area contributed by atoms with Gasteiger partial charge in [0.15, 0.2) is 0 Å². The number of methoxy groups -OCH3 is 1. The van der Waals surface area contributed by atoms with Gasteiger partial charge in [-0.25, -0.2) is 12.8 Å². The van der Waals surface area contributed by atoms with Crippen molar-refractivity contribution < 1.29 is 17.5 Å². The molecule has 0 amide bonds. The number of likely N-dealkylation sites (N-methyl/N-ethyl adjacent to an activating group) is 1. The minimum absolute atomic E-state index is 0.252. The maximum Gasteiger partial charge on any atom is 0.246 e. The van der Waals surface area contributed by atoms with E-state index in [4.69, 9.17) is 4.74 Å². The van der Waals surface area contributed by atoms with E-state index in [0.717, 1.165) is 6.07 Å². The molecular weight excluding hydrogens is 337 g/mol. The Morgan fingerprint density at radius 2 is 2.11 bits per heavy atom. The average Bonchev–Trinajstić information content (AvgIpc) is 2.28. The molecule has 0 fully saturated rings. The summed E-state index contributed by atoms with van der Waals surface area (Å²) in [5, 5.41) is 0. The molecule has 4 nitrogen and oxygen atoms in total. The van der Waals surface area contributed by atoms with E-state index >= 15 is 0 Å². The van der Waals surface area contributed by atoms with Gasteiger partial charge in [0.1, 0.15) is 10.7 Å². The van der Waals surface area contributed by atoms with Crippen molar-refractivity contribution in [3.63, 3.8) is 0 Å². The smallest absolute Gasteiger partial charge is 0.246 e. The van der Waals surface area contributed by atoms with Crippen molar-refractivity contribution in [3.05, 3.63) is 28.5 Å². The molecule has 19 heavy (non-hydrogen) atoms. The summed E-state index contributed by atoms with van der Waals surface area (Å²) in [5.41, 5.74) is 0. The Morgan fingerprint density at radius 1 is 1.47 bits per heavy atom. The summed E-state index contributed by atoms with van der Waals surface area (Å²) in [6, 6.07) is 3.55. The zero-order valence-electron chi connectivity index (χ0n) is 11.1. The van der Waals surface area contributed by atoms with Crippen molar-refractivity contribution in [1.29, 1.82) is 0 Å². The van der Waals surface area contributed by atoms with E-state index in [9.17, 15) is 12.8 Å². The Kier molecular flexibility index (Phi) is 5.91. The highest BCUT2D eigenvalue weighted by Crippen LogP contribution is 2.24. The molecule has 0 aromatic heterocycles. The lowest BCUT2D eigenvalue weighted by molar-refractivity contribution is 0.142. The van der Waals surface area contributed by atoms with Crippen molar-refractivity contribution >= 4 is 26.0 Å². The first-order chi connectivity index (χ1) is 8.84. The van der Waals surface area contributed by atoms with Crippen LogP contribution in [-0.4, -0.2) is 39.0 Å². The van der Waals surface area contributed by atoms with Crippen molar-refractivity contribution in [2.75, 3.05) is 20.3 Å². The highest BCUT2D eigenvalue weighted by molar-refractivity contribution is 9.10. The third-order valence-electron chi connectivity index (χ3n) is 2.69. The van der Waals surface area contributed by atoms with Gasteiger partial charge in [-0.15, -0.1) is 0 Å². The van der Waals surface area contributed by atoms with Crippen molar-refractivity contribution in [3.8, 4) is 0 Å². The fourth-order valence-corrected chi connectivity index (χ4v) is 3.86. The maximum absolute atomic E-state index is 13.8. The lowest BCUT2D eigenvalue weighted by atomic mass is 10.3. The van der Waals surface area contributed by atoms with E-state index in [1.54, 1.807) is 13.8 Å². The molecule has 0 saturated heterocycles. The molecule has 1 aromatic rings. The van der Waals surface area contributed by atoms with Crippen LogP contribution < -0.4 is 0 Å². The molecule has 0 aliphatic rings. The monoisotopic (exact) mass is 353 g/mol. The lowest BCUT2D eigenvalue weighted by Gasteiger charge is -2.26. The maximum atomic E-state index is 13.8. The molecule has 1 unspecified atom stereocenters. The minimum atomic E-state index is -3.86. The van der Waals surface area contributed by atoms with Gasteiger partial charge in [0.25, 0.3) is 0 Å². The third kappa shape index (κ3) is 3.75. The number of hydrogen-bond donors (Lipinski definition) is 0. The quantitative estimate of drug-likeness (QED) is 0.789. The van der Waals surface area contributed by atoms with Crippen LogP contribution in [0.4, 0.5) is 4.39 Å². The fraction of sp³-hybridized carbons (Fsp3) is 0.500. The minimum Gasteiger partial charge on any atom is -0.383 e. The molecular formula is C12H17BrFNO3S. The van der Waals surface area contributed by atoms with Gasteiger partial charge in [0.2, 0.25) is 10.0 Å². The molecule has 0 spiro atoms. The van der Waals surface area contributed by atoms with Crippen LogP contribution in [0.1, 0.15) is 13.8 Å². The van der Waals surface area contributed by atoms with Crippen molar-refractivity contribution in [2.45, 2.75) is 24.8 Å². The molecule has 0 bridgehead atoms. The van der Waals surface area contributed by atoms with E-state index in [1.165, 1.54) is 23.5 Å². The second-order valence-corrected chi connectivity index (χ2v) is 6.86. The van der Waals surface area contributed by atoms with Gasteiger partial charge in [-0.3, -0.25) is 0 Å². The van der Waals surface area contributed by atoms with Crippen LogP contribution in [0.5, 0.6) is 0 Å². The summed E-state index contributed by atoms with van der Waals surface area (Å²) < 4.78 is 45.4. The number of sulfonamides is 1. The first kappa shape index (κ1) is 16.6. The summed E-state index contributed by atoms with van der Waals surface area (Å²) in [6.45, 7) is 3.94. The molecule has 1 atom stereocenters. The van der Waals surface area contributed by atoms with E-state index in [2.05, 4.69) is 15.9 Å². The Balaban J connectivity index is 3.20. The lowest BCUT2D eigenvalue weighted by Crippen LogP contribution is -2.41. The van der Waals surface area contributed by atoms with Crippen LogP contribution in [0.3, 0.4) is 0 Å². The topological polar surface area (TPSA) is 46.6 Å². The van der Waals surface area contributed by atoms with Gasteiger partial charge >= 0.3 is 0 Å². The van der Waals surface area contributed by atoms with Gasteiger partial charge in [0, 0.05) is 24.2 Å². The van der Waals surface area contributed by atoms with Crippen LogP contribution in [0.25, 0.3) is 0 Å². The zero-order chi connectivity index (χ0) is 14.6. The van der Waals surface area contributed by atoms with E-state index in [-0.39, 0.29) is 24.1 Å². The first-order valence-corrected chi connectivity index (χ1v) is 8.03. The van der Waals surface area contributed by atoms with Crippen LogP contribution >= 0.6 is 15.9 Å². The molecule has 0 radical (unpaired) electrons. The highest BCUT2D eigenvalue weighted by Gasteiger charge is 2.30. The predicted molar refractivity (Wildman–Crippen MR) is 75.0 cm³/mol. The second-order valence-electron chi connectivity index (χ2n) is 4.09. The van der Waals surface area contributed by atoms with E-state index in [0.29, 0.717) is 4.47 Å². The summed E-state index contributed by atoms with van der Waals surface area (Å²) in [6.07, 6.45) is 0. The van der Waals surface area contributed by atoms with Crippen LogP contribution in [0.2, 0.25) is 0 Å². The van der Waals surface area contributed by atoms with Gasteiger partial charge < -0.3 is 4.74 Å². The Morgan fingerprint density at radius 3 is 2.58 bits per heavy atom. The van der Waals surface area contributed by atoms with Gasteiger partial charge in [-0.1, -0.05) is 22.9 Å². The number of ether oxygens (including phenoxy) is 1. The standard InChI is InChI=1S/C12H17BrFNO3S/c1-4-15(9(2)8-18-3)19(16,17)12-6-5-10(13)7-11(12)14/h5-7,9H,4,8H2,1-3H3. The molecule has 0 N–H and O–H groups in total. The molecule has 0 aliphatic heterocycles. The SMILES string of the molecule is CCN(C(C)COC)S(=O)(=O)c1ccc(Br)cc1F. The van der Waals surface area contributed by atoms with Crippen LogP contribution in [0.15, 0.2) is 27.6 Å². The van der Waals surface area contributed by atoms with E-state index < -0.39 is 15.8 Å². The second kappa shape index (κ2) is 6.78. The number of halogens is 2. The summed E-state index contributed by atoms with van der Waals surface area (Å²) in [4.78, 5) is -0.319. The van der Waals surface area contributed by atoms with Crippen LogP contribution in [0, 0.1) is 5.82 Å². The molecule has 108 valence electrons. The molecule has 1 rings (SSSR count). The number of hydrogen-bond acceptors (Lipinski definition) is 3. The Hall–Kier alpha value is -0.500. The molecule has 1 aromatic carbocycles. The van der Waals surface area contributed by atoms with Crippen LogP contribution in [-0.2, 0) is 14.8 Å².